The summed E-state index contributed by atoms with van der Waals surface area (Å²) in [7, 11) is 0. The topological polar surface area (TPSA) is 4.93 Å². The molecule has 0 saturated heterocycles. The van der Waals surface area contributed by atoms with E-state index in [0.29, 0.717) is 3.63 Å². The molecule has 1 aromatic carbocycles. The Morgan fingerprint density at radius 3 is 2.23 bits per heavy atom. The van der Waals surface area contributed by atoms with Gasteiger partial charge < -0.3 is 9.41 Å². The van der Waals surface area contributed by atoms with Crippen molar-refractivity contribution in [2.75, 3.05) is 0 Å². The van der Waals surface area contributed by atoms with E-state index in [1.165, 1.54) is 34.4 Å². The molecular formula is C22H23F2NZr. The van der Waals surface area contributed by atoms with Crippen LogP contribution in [0.2, 0.25) is 0 Å². The van der Waals surface area contributed by atoms with Gasteiger partial charge in [-0.3, -0.25) is 0 Å². The molecule has 26 heavy (non-hydrogen) atoms. The maximum Gasteiger partial charge on any atom is -1.00 e. The molecule has 2 aliphatic carbocycles. The number of aryl methyl sites for hydroxylation is 2. The Morgan fingerprint density at radius 2 is 1.62 bits per heavy atom. The van der Waals surface area contributed by atoms with Crippen LogP contribution in [0.3, 0.4) is 0 Å². The summed E-state index contributed by atoms with van der Waals surface area (Å²) in [4.78, 5) is 0. The van der Waals surface area contributed by atoms with E-state index in [2.05, 4.69) is 81.1 Å². The van der Waals surface area contributed by atoms with Gasteiger partial charge in [-0.05, 0) is 0 Å². The maximum atomic E-state index is 2.45. The summed E-state index contributed by atoms with van der Waals surface area (Å²) in [5, 5.41) is 0. The summed E-state index contributed by atoms with van der Waals surface area (Å²) < 4.78 is 4.74. The number of hydrogen-bond acceptors (Lipinski definition) is 0. The van der Waals surface area contributed by atoms with Gasteiger partial charge in [0, 0.05) is 0 Å². The molecule has 0 radical (unpaired) electrons. The second-order valence-corrected chi connectivity index (χ2v) is 10.6. The molecule has 0 bridgehead atoms. The Kier molecular flexibility index (Phi) is 6.39. The van der Waals surface area contributed by atoms with Crippen LogP contribution in [0.5, 0.6) is 0 Å². The second kappa shape index (κ2) is 8.00. The minimum Gasteiger partial charge on any atom is -1.00 e. The van der Waals surface area contributed by atoms with Crippen molar-refractivity contribution in [3.8, 4) is 0 Å². The van der Waals surface area contributed by atoms with Gasteiger partial charge in [-0.1, -0.05) is 0 Å². The zero-order valence-electron chi connectivity index (χ0n) is 15.6. The van der Waals surface area contributed by atoms with E-state index < -0.39 is 23.2 Å². The maximum absolute atomic E-state index is 2.45. The number of benzene rings is 1. The Morgan fingerprint density at radius 1 is 0.962 bits per heavy atom. The van der Waals surface area contributed by atoms with Crippen LogP contribution < -0.4 is 9.41 Å². The number of halogens is 2. The molecule has 2 aromatic rings. The van der Waals surface area contributed by atoms with Crippen molar-refractivity contribution in [3.05, 3.63) is 79.4 Å². The van der Waals surface area contributed by atoms with Gasteiger partial charge in [-0.2, -0.15) is 0 Å². The Balaban J connectivity index is 0.00000121. The molecule has 0 amide bonds. The molecule has 0 spiro atoms. The number of hydrogen-bond donors (Lipinski definition) is 0. The summed E-state index contributed by atoms with van der Waals surface area (Å²) in [6.07, 6.45) is 10.5. The summed E-state index contributed by atoms with van der Waals surface area (Å²) >= 11 is -0.733. The monoisotopic (exact) mass is 429 g/mol. The van der Waals surface area contributed by atoms with Crippen molar-refractivity contribution >= 4 is 11.8 Å². The summed E-state index contributed by atoms with van der Waals surface area (Å²) in [5.74, 6) is 0. The van der Waals surface area contributed by atoms with Gasteiger partial charge in [0.05, 0.1) is 0 Å². The molecule has 134 valence electrons. The molecule has 0 N–H and O–H groups in total. The van der Waals surface area contributed by atoms with Gasteiger partial charge in [-0.15, -0.1) is 0 Å². The summed E-state index contributed by atoms with van der Waals surface area (Å²) in [6, 6.07) is 8.86. The van der Waals surface area contributed by atoms with Crippen LogP contribution in [0.15, 0.2) is 57.2 Å². The first-order chi connectivity index (χ1) is 11.6. The van der Waals surface area contributed by atoms with Gasteiger partial charge in [0.25, 0.3) is 0 Å². The Hall–Kier alpha value is -1.54. The first-order valence-electron chi connectivity index (χ1n) is 8.64. The van der Waals surface area contributed by atoms with E-state index in [4.69, 9.17) is 0 Å². The van der Waals surface area contributed by atoms with Crippen molar-refractivity contribution in [2.45, 2.75) is 37.7 Å². The largest absolute Gasteiger partial charge is 1.00 e. The minimum atomic E-state index is -0.733. The van der Waals surface area contributed by atoms with Crippen molar-refractivity contribution in [1.29, 1.82) is 0 Å². The Bertz CT molecular complexity index is 904. The van der Waals surface area contributed by atoms with Crippen molar-refractivity contribution in [1.82, 2.24) is 4.57 Å². The van der Waals surface area contributed by atoms with Crippen LogP contribution in [0, 0.1) is 13.8 Å². The molecule has 2 aliphatic rings. The van der Waals surface area contributed by atoms with Crippen LogP contribution in [0.4, 0.5) is 0 Å². The molecule has 0 aliphatic heterocycles. The molecule has 1 unspecified atom stereocenters. The number of nitrogens with zero attached hydrogens (tertiary/aromatic N) is 1. The van der Waals surface area contributed by atoms with E-state index in [1.807, 2.05) is 0 Å². The predicted molar refractivity (Wildman–Crippen MR) is 98.3 cm³/mol. The van der Waals surface area contributed by atoms with Gasteiger partial charge in [0.15, 0.2) is 0 Å². The number of rotatable bonds is 3. The fraction of sp³-hybridized carbons (Fsp3) is 0.273. The van der Waals surface area contributed by atoms with E-state index in [-0.39, 0.29) is 9.41 Å². The van der Waals surface area contributed by atoms with Crippen LogP contribution in [-0.4, -0.2) is 4.57 Å². The number of allylic oxidation sites excluding steroid dienone is 5. The fourth-order valence-electron chi connectivity index (χ4n) is 3.83. The third kappa shape index (κ3) is 3.36. The van der Waals surface area contributed by atoms with Gasteiger partial charge in [0.1, 0.15) is 0 Å². The van der Waals surface area contributed by atoms with Crippen molar-refractivity contribution < 1.29 is 32.6 Å². The predicted octanol–water partition coefficient (Wildman–Crippen LogP) is -0.128. The molecule has 1 nitrogen and oxygen atoms in total. The molecule has 4 rings (SSSR count). The van der Waals surface area contributed by atoms with Crippen LogP contribution >= 0.6 is 0 Å². The second-order valence-electron chi connectivity index (χ2n) is 6.96. The van der Waals surface area contributed by atoms with Crippen LogP contribution in [0.1, 0.15) is 46.1 Å². The van der Waals surface area contributed by atoms with Gasteiger partial charge >= 0.3 is 157 Å². The molecule has 4 heteroatoms. The summed E-state index contributed by atoms with van der Waals surface area (Å²) in [5.41, 5.74) is 10.5. The van der Waals surface area contributed by atoms with Crippen LogP contribution in [0.25, 0.3) is 11.8 Å². The standard InChI is InChI=1S/C15H14N.C7H9.2FH.Zr/c1-11-5-6-12(2)15-10-13(9-14(11)15)16-7-3-4-8-16;1-6-4-3-5-7(6)2;;;/h3-10H,1-2H3;4H,3H2,1-2H3;2*1H;/q;;;;+2/p-2. The van der Waals surface area contributed by atoms with E-state index >= 15 is 0 Å². The van der Waals surface area contributed by atoms with E-state index in [9.17, 15) is 0 Å². The normalized spacial score (nSPS) is 17.8. The number of fused-ring (bicyclic) bond motifs is 1. The molecule has 1 aromatic heterocycles. The smallest absolute Gasteiger partial charge is 1.00 e. The van der Waals surface area contributed by atoms with Crippen molar-refractivity contribution in [3.63, 3.8) is 0 Å². The first-order valence-corrected chi connectivity index (χ1v) is 11.3. The quantitative estimate of drug-likeness (QED) is 0.640. The van der Waals surface area contributed by atoms with Gasteiger partial charge in [0.2, 0.25) is 0 Å². The SMILES string of the molecule is CC1=CC[C]([Zr+2][CH]2C(n3cccc3)=Cc3c(C)ccc(C)c32)=C1C.[F-].[F-]. The zero-order valence-corrected chi connectivity index (χ0v) is 18.1. The molecular weight excluding hydrogens is 407 g/mol. The summed E-state index contributed by atoms with van der Waals surface area (Å²) in [6.45, 7) is 9.13. The van der Waals surface area contributed by atoms with Crippen molar-refractivity contribution in [2.24, 2.45) is 0 Å². The minimum absolute atomic E-state index is 0. The molecule has 1 atom stereocenters. The fourth-order valence-corrected chi connectivity index (χ4v) is 8.47. The first kappa shape index (κ1) is 20.8. The molecule has 0 fully saturated rings. The molecule has 1 heterocycles. The average Bonchev–Trinajstić information content (AvgIpc) is 3.27. The average molecular weight is 431 g/mol. The van der Waals surface area contributed by atoms with Crippen LogP contribution in [-0.2, 0) is 23.2 Å². The molecule has 0 saturated carbocycles. The zero-order chi connectivity index (χ0) is 16.8. The number of aromatic nitrogens is 1. The van der Waals surface area contributed by atoms with E-state index in [0.717, 1.165) is 0 Å². The van der Waals surface area contributed by atoms with E-state index in [1.54, 1.807) is 14.4 Å². The van der Waals surface area contributed by atoms with Gasteiger partial charge in [-0.25, -0.2) is 0 Å². The third-order valence-corrected chi connectivity index (χ3v) is 9.90. The Labute approximate surface area is 165 Å². The third-order valence-electron chi connectivity index (χ3n) is 5.48.